The number of aliphatic hydroxyl groups is 1. The molecule has 10 nitrogen and oxygen atoms in total. The molecule has 4 N–H and O–H groups in total. The maximum absolute atomic E-state index is 13.0. The van der Waals surface area contributed by atoms with Gasteiger partial charge in [0.05, 0.1) is 46.6 Å². The second-order valence-electron chi connectivity index (χ2n) is 13.4. The zero-order chi connectivity index (χ0) is 40.0. The smallest absolute Gasteiger partial charge is 0.417 e. The van der Waals surface area contributed by atoms with Crippen LogP contribution in [0.4, 0.5) is 37.7 Å². The highest BCUT2D eigenvalue weighted by Crippen LogP contribution is 2.35. The molecule has 53 heavy (non-hydrogen) atoms. The van der Waals surface area contributed by atoms with Gasteiger partial charge >= 0.3 is 24.3 Å². The Bertz CT molecular complexity index is 1590. The number of carbonyl (C=O) groups is 2. The summed E-state index contributed by atoms with van der Waals surface area (Å²) in [4.78, 5) is 21.0. The molecule has 2 aliphatic carbocycles. The normalized spacial score (nSPS) is 20.2. The molecule has 0 atom stereocenters. The summed E-state index contributed by atoms with van der Waals surface area (Å²) >= 11 is 2.99. The molecule has 0 radical (unpaired) electrons. The summed E-state index contributed by atoms with van der Waals surface area (Å²) in [7, 11) is 0. The summed E-state index contributed by atoms with van der Waals surface area (Å²) in [5.41, 5.74) is -2.32. The summed E-state index contributed by atoms with van der Waals surface area (Å²) in [6, 6.07) is 10.4. The third-order valence-electron chi connectivity index (χ3n) is 7.97. The van der Waals surface area contributed by atoms with E-state index in [0.29, 0.717) is 49.9 Å². The van der Waals surface area contributed by atoms with E-state index in [2.05, 4.69) is 26.6 Å². The Morgan fingerprint density at radius 1 is 0.792 bits per heavy atom. The zero-order valence-electron chi connectivity index (χ0n) is 29.4. The minimum absolute atomic E-state index is 0.0105. The van der Waals surface area contributed by atoms with E-state index in [9.17, 15) is 41.0 Å². The molecule has 0 heterocycles. The number of nitrogens with one attached hydrogen (secondary N) is 2. The number of alkyl halides is 7. The monoisotopic (exact) mass is 820 g/mol. The van der Waals surface area contributed by atoms with Gasteiger partial charge in [0.1, 0.15) is 17.5 Å². The van der Waals surface area contributed by atoms with E-state index in [1.54, 1.807) is 12.1 Å². The molecule has 0 aromatic heterocycles. The lowest BCUT2D eigenvalue weighted by Crippen LogP contribution is -2.30. The van der Waals surface area contributed by atoms with E-state index < -0.39 is 35.0 Å². The molecule has 0 spiro atoms. The Kier molecular flexibility index (Phi) is 17.4. The number of halogens is 7. The number of aliphatic carboxylic acids is 1. The van der Waals surface area contributed by atoms with Gasteiger partial charge < -0.3 is 30.3 Å². The van der Waals surface area contributed by atoms with Crippen molar-refractivity contribution in [3.63, 3.8) is 0 Å². The molecule has 2 aromatic carbocycles. The lowest BCUT2D eigenvalue weighted by atomic mass is 9.92. The number of anilines is 2. The van der Waals surface area contributed by atoms with Gasteiger partial charge in [0, 0.05) is 23.5 Å². The van der Waals surface area contributed by atoms with Gasteiger partial charge in [0.25, 0.3) is 0 Å². The van der Waals surface area contributed by atoms with Crippen LogP contribution in [0.1, 0.15) is 94.4 Å². The lowest BCUT2D eigenvalue weighted by molar-refractivity contribution is -0.151. The molecule has 0 unspecified atom stereocenters. The highest BCUT2D eigenvalue weighted by molar-refractivity contribution is 9.09. The van der Waals surface area contributed by atoms with E-state index in [0.717, 1.165) is 31.0 Å². The number of hydrogen-bond donors (Lipinski definition) is 4. The molecule has 292 valence electrons. The largest absolute Gasteiger partial charge is 0.480 e. The number of aliphatic hydroxyl groups excluding tert-OH is 1. The zero-order valence-corrected chi connectivity index (χ0v) is 31.0. The minimum Gasteiger partial charge on any atom is -0.480 e. The summed E-state index contributed by atoms with van der Waals surface area (Å²) < 4.78 is 87.5. The van der Waals surface area contributed by atoms with E-state index in [1.165, 1.54) is 18.2 Å². The van der Waals surface area contributed by atoms with Crippen LogP contribution in [0.5, 0.6) is 0 Å². The molecule has 4 rings (SSSR count). The Morgan fingerprint density at radius 2 is 1.21 bits per heavy atom. The van der Waals surface area contributed by atoms with Crippen LogP contribution in [0.15, 0.2) is 36.4 Å². The van der Waals surface area contributed by atoms with Gasteiger partial charge in [0.2, 0.25) is 0 Å². The molecule has 2 aromatic rings. The van der Waals surface area contributed by atoms with E-state index in [-0.39, 0.29) is 53.4 Å². The highest BCUT2D eigenvalue weighted by Gasteiger charge is 2.35. The predicted octanol–water partition coefficient (Wildman–Crippen LogP) is 8.42. The first kappa shape index (κ1) is 45.1. The molecule has 0 saturated heterocycles. The van der Waals surface area contributed by atoms with Crippen molar-refractivity contribution in [1.82, 2.24) is 0 Å². The van der Waals surface area contributed by atoms with Crippen LogP contribution in [0.3, 0.4) is 0 Å². The van der Waals surface area contributed by atoms with Gasteiger partial charge in [0.15, 0.2) is 0 Å². The standard InChI is InChI=1S/C16H17F3N2O3.C14H15F3N2O.C6H11BrO2/c17-16(18,19)14-7-12(2-1-10(14)8-20)21-11-3-5-13(6-4-11)24-9-15(22)23;15-14(16,17)13-7-11(2-1-9(13)8-18)19-10-3-5-12(20)6-4-10;1-6(2,3)9-5(8)4-7/h1-2,7,11,13,21H,3-6,9H2,(H,22,23);1-2,7,10,12,19-20H,3-6H2;4H2,1-3H3. The first-order chi connectivity index (χ1) is 24.6. The quantitative estimate of drug-likeness (QED) is 0.115. The van der Waals surface area contributed by atoms with Gasteiger partial charge in [-0.05, 0) is 109 Å². The number of esters is 1. The van der Waals surface area contributed by atoms with Crippen molar-refractivity contribution in [1.29, 1.82) is 10.5 Å². The number of ether oxygens (including phenoxy) is 2. The molecule has 2 aliphatic rings. The fraction of sp³-hybridized carbons (Fsp3) is 0.556. The molecule has 0 bridgehead atoms. The Hall–Kier alpha value is -4.06. The number of hydrogen-bond acceptors (Lipinski definition) is 9. The van der Waals surface area contributed by atoms with Crippen molar-refractivity contribution in [2.24, 2.45) is 0 Å². The average Bonchev–Trinajstić information content (AvgIpc) is 3.08. The van der Waals surface area contributed by atoms with Gasteiger partial charge in [-0.3, -0.25) is 4.79 Å². The third kappa shape index (κ3) is 16.7. The summed E-state index contributed by atoms with van der Waals surface area (Å²) in [5.74, 6) is -1.24. The Balaban J connectivity index is 0.000000302. The molecule has 2 saturated carbocycles. The van der Waals surface area contributed by atoms with E-state index >= 15 is 0 Å². The topological polar surface area (TPSA) is 165 Å². The van der Waals surface area contributed by atoms with Gasteiger partial charge in [-0.2, -0.15) is 36.9 Å². The van der Waals surface area contributed by atoms with Crippen LogP contribution in [0.25, 0.3) is 0 Å². The average molecular weight is 822 g/mol. The van der Waals surface area contributed by atoms with Crippen LogP contribution >= 0.6 is 15.9 Å². The van der Waals surface area contributed by atoms with Gasteiger partial charge in [-0.25, -0.2) is 4.79 Å². The van der Waals surface area contributed by atoms with Gasteiger partial charge in [-0.15, -0.1) is 0 Å². The van der Waals surface area contributed by atoms with Gasteiger partial charge in [-0.1, -0.05) is 15.9 Å². The molecule has 17 heteroatoms. The van der Waals surface area contributed by atoms with Crippen LogP contribution in [-0.4, -0.2) is 64.0 Å². The van der Waals surface area contributed by atoms with Crippen molar-refractivity contribution in [3.8, 4) is 12.1 Å². The van der Waals surface area contributed by atoms with Crippen molar-refractivity contribution in [2.45, 2.75) is 114 Å². The maximum atomic E-state index is 13.0. The molecular weight excluding hydrogens is 778 g/mol. The lowest BCUT2D eigenvalue weighted by Gasteiger charge is -2.29. The Labute approximate surface area is 312 Å². The fourth-order valence-electron chi connectivity index (χ4n) is 5.56. The number of rotatable bonds is 8. The number of nitriles is 2. The number of benzene rings is 2. The van der Waals surface area contributed by atoms with Crippen LogP contribution in [0.2, 0.25) is 0 Å². The molecular formula is C36H43BrF6N4O6. The first-order valence-corrected chi connectivity index (χ1v) is 17.8. The SMILES string of the molecule is CC(C)(C)OC(=O)CBr.N#Cc1ccc(NC2CCC(O)CC2)cc1C(F)(F)F.N#Cc1ccc(NC2CCC(OCC(=O)O)CC2)cc1C(F)(F)F. The van der Waals surface area contributed by atoms with Crippen molar-refractivity contribution in [2.75, 3.05) is 22.6 Å². The van der Waals surface area contributed by atoms with Crippen LogP contribution in [-0.2, 0) is 31.4 Å². The van der Waals surface area contributed by atoms with Crippen molar-refractivity contribution in [3.05, 3.63) is 58.7 Å². The van der Waals surface area contributed by atoms with E-state index in [4.69, 9.17) is 25.1 Å². The summed E-state index contributed by atoms with van der Waals surface area (Å²) in [6.07, 6.45) is -4.16. The second kappa shape index (κ2) is 20.4. The summed E-state index contributed by atoms with van der Waals surface area (Å²) in [6.45, 7) is 5.18. The first-order valence-electron chi connectivity index (χ1n) is 16.7. The highest BCUT2D eigenvalue weighted by atomic mass is 79.9. The van der Waals surface area contributed by atoms with E-state index in [1.807, 2.05) is 20.8 Å². The second-order valence-corrected chi connectivity index (χ2v) is 14.0. The van der Waals surface area contributed by atoms with Crippen molar-refractivity contribution >= 4 is 39.2 Å². The number of nitrogens with zero attached hydrogens (tertiary/aromatic N) is 2. The predicted molar refractivity (Wildman–Crippen MR) is 187 cm³/mol. The third-order valence-corrected chi connectivity index (χ3v) is 8.43. The molecule has 0 aliphatic heterocycles. The number of carboxylic acids is 1. The van der Waals surface area contributed by atoms with Crippen LogP contribution < -0.4 is 10.6 Å². The molecule has 2 fully saturated rings. The van der Waals surface area contributed by atoms with Crippen molar-refractivity contribution < 1.29 is 55.6 Å². The number of carboxylic acid groups (broad SMARTS) is 1. The number of carbonyl (C=O) groups excluding carboxylic acids is 1. The van der Waals surface area contributed by atoms with Crippen LogP contribution in [0, 0.1) is 22.7 Å². The Morgan fingerprint density at radius 3 is 1.53 bits per heavy atom. The maximum Gasteiger partial charge on any atom is 0.417 e. The summed E-state index contributed by atoms with van der Waals surface area (Å²) in [5, 5.41) is 41.8. The molecule has 0 amide bonds. The minimum atomic E-state index is -4.58. The fourth-order valence-corrected chi connectivity index (χ4v) is 5.67.